The first-order chi connectivity index (χ1) is 8.78. The standard InChI is InChI=1S/C16H25NO/c1-2-16(18)13-17-10-8-15(9-11-17)12-14-6-4-3-5-7-14/h3-7,15-16,18H,2,8-13H2,1H3. The summed E-state index contributed by atoms with van der Waals surface area (Å²) in [7, 11) is 0. The lowest BCUT2D eigenvalue weighted by Crippen LogP contribution is -2.39. The van der Waals surface area contributed by atoms with Gasteiger partial charge in [0, 0.05) is 6.54 Å². The van der Waals surface area contributed by atoms with Crippen LogP contribution in [0.15, 0.2) is 30.3 Å². The van der Waals surface area contributed by atoms with Gasteiger partial charge >= 0.3 is 0 Å². The molecule has 0 bridgehead atoms. The van der Waals surface area contributed by atoms with E-state index >= 15 is 0 Å². The van der Waals surface area contributed by atoms with E-state index in [-0.39, 0.29) is 6.10 Å². The first-order valence-corrected chi connectivity index (χ1v) is 7.22. The molecule has 100 valence electrons. The fourth-order valence-corrected chi connectivity index (χ4v) is 2.75. The molecular weight excluding hydrogens is 222 g/mol. The van der Waals surface area contributed by atoms with Crippen LogP contribution in [-0.4, -0.2) is 35.7 Å². The lowest BCUT2D eigenvalue weighted by atomic mass is 9.90. The van der Waals surface area contributed by atoms with Crippen LogP contribution in [0.3, 0.4) is 0 Å². The van der Waals surface area contributed by atoms with Crippen molar-refractivity contribution in [2.24, 2.45) is 5.92 Å². The highest BCUT2D eigenvalue weighted by Gasteiger charge is 2.20. The average Bonchev–Trinajstić information content (AvgIpc) is 2.42. The lowest BCUT2D eigenvalue weighted by Gasteiger charge is -2.33. The van der Waals surface area contributed by atoms with Crippen LogP contribution in [0.25, 0.3) is 0 Å². The Labute approximate surface area is 111 Å². The number of nitrogens with zero attached hydrogens (tertiary/aromatic N) is 1. The topological polar surface area (TPSA) is 23.5 Å². The highest BCUT2D eigenvalue weighted by molar-refractivity contribution is 5.15. The molecule has 2 heteroatoms. The van der Waals surface area contributed by atoms with E-state index in [9.17, 15) is 5.11 Å². The van der Waals surface area contributed by atoms with Gasteiger partial charge in [-0.05, 0) is 50.3 Å². The third kappa shape index (κ3) is 4.11. The maximum atomic E-state index is 9.67. The molecule has 1 fully saturated rings. The van der Waals surface area contributed by atoms with Crippen LogP contribution in [-0.2, 0) is 6.42 Å². The van der Waals surface area contributed by atoms with Crippen LogP contribution in [0.5, 0.6) is 0 Å². The first kappa shape index (κ1) is 13.6. The number of piperidine rings is 1. The van der Waals surface area contributed by atoms with Gasteiger partial charge in [0.2, 0.25) is 0 Å². The maximum absolute atomic E-state index is 9.67. The molecule has 2 rings (SSSR count). The van der Waals surface area contributed by atoms with Crippen molar-refractivity contribution in [3.63, 3.8) is 0 Å². The lowest BCUT2D eigenvalue weighted by molar-refractivity contribution is 0.0869. The van der Waals surface area contributed by atoms with E-state index < -0.39 is 0 Å². The third-order valence-electron chi connectivity index (χ3n) is 4.01. The molecule has 0 saturated carbocycles. The second kappa shape index (κ2) is 6.91. The summed E-state index contributed by atoms with van der Waals surface area (Å²) in [6, 6.07) is 10.8. The molecule has 1 aliphatic heterocycles. The van der Waals surface area contributed by atoms with Crippen molar-refractivity contribution in [1.29, 1.82) is 0 Å². The second-order valence-corrected chi connectivity index (χ2v) is 5.50. The summed E-state index contributed by atoms with van der Waals surface area (Å²) in [4.78, 5) is 2.41. The van der Waals surface area contributed by atoms with Crippen molar-refractivity contribution in [2.45, 2.75) is 38.7 Å². The third-order valence-corrected chi connectivity index (χ3v) is 4.01. The molecule has 1 aliphatic rings. The predicted molar refractivity (Wildman–Crippen MR) is 75.6 cm³/mol. The van der Waals surface area contributed by atoms with E-state index in [0.29, 0.717) is 0 Å². The van der Waals surface area contributed by atoms with Gasteiger partial charge in [-0.3, -0.25) is 0 Å². The van der Waals surface area contributed by atoms with E-state index in [1.54, 1.807) is 0 Å². The van der Waals surface area contributed by atoms with E-state index in [0.717, 1.165) is 32.0 Å². The molecule has 0 aromatic heterocycles. The Morgan fingerprint density at radius 3 is 2.50 bits per heavy atom. The zero-order valence-corrected chi connectivity index (χ0v) is 11.4. The van der Waals surface area contributed by atoms with Gasteiger partial charge < -0.3 is 10.0 Å². The zero-order valence-electron chi connectivity index (χ0n) is 11.4. The average molecular weight is 247 g/mol. The van der Waals surface area contributed by atoms with E-state index in [1.807, 2.05) is 6.92 Å². The minimum Gasteiger partial charge on any atom is -0.392 e. The monoisotopic (exact) mass is 247 g/mol. The Hall–Kier alpha value is -0.860. The Bertz CT molecular complexity index is 330. The summed E-state index contributed by atoms with van der Waals surface area (Å²) in [5.74, 6) is 0.822. The summed E-state index contributed by atoms with van der Waals surface area (Å²) in [5, 5.41) is 9.67. The van der Waals surface area contributed by atoms with Gasteiger partial charge in [-0.1, -0.05) is 37.3 Å². The van der Waals surface area contributed by atoms with E-state index in [2.05, 4.69) is 35.2 Å². The smallest absolute Gasteiger partial charge is 0.0664 e. The van der Waals surface area contributed by atoms with Crippen LogP contribution in [0.1, 0.15) is 31.7 Å². The largest absolute Gasteiger partial charge is 0.392 e. The van der Waals surface area contributed by atoms with Crippen molar-refractivity contribution >= 4 is 0 Å². The van der Waals surface area contributed by atoms with Crippen LogP contribution in [0.4, 0.5) is 0 Å². The van der Waals surface area contributed by atoms with Crippen molar-refractivity contribution in [2.75, 3.05) is 19.6 Å². The van der Waals surface area contributed by atoms with Crippen LogP contribution >= 0.6 is 0 Å². The van der Waals surface area contributed by atoms with Crippen molar-refractivity contribution < 1.29 is 5.11 Å². The summed E-state index contributed by atoms with van der Waals surface area (Å²) in [6.45, 7) is 5.20. The second-order valence-electron chi connectivity index (χ2n) is 5.50. The molecule has 0 radical (unpaired) electrons. The zero-order chi connectivity index (χ0) is 12.8. The molecule has 1 saturated heterocycles. The van der Waals surface area contributed by atoms with Gasteiger partial charge in [-0.25, -0.2) is 0 Å². The fourth-order valence-electron chi connectivity index (χ4n) is 2.75. The number of likely N-dealkylation sites (tertiary alicyclic amines) is 1. The molecule has 0 aliphatic carbocycles. The molecule has 1 atom stereocenters. The number of β-amino-alcohol motifs (C(OH)–C–C–N with tert-alkyl or cyclic N) is 1. The Kier molecular flexibility index (Phi) is 5.21. The molecule has 18 heavy (non-hydrogen) atoms. The van der Waals surface area contributed by atoms with Crippen LogP contribution in [0, 0.1) is 5.92 Å². The molecule has 1 heterocycles. The van der Waals surface area contributed by atoms with Crippen molar-refractivity contribution in [3.8, 4) is 0 Å². The van der Waals surface area contributed by atoms with Gasteiger partial charge in [0.15, 0.2) is 0 Å². The molecule has 1 aromatic carbocycles. The minimum absolute atomic E-state index is 0.143. The normalized spacial score (nSPS) is 19.9. The highest BCUT2D eigenvalue weighted by atomic mass is 16.3. The number of rotatable bonds is 5. The van der Waals surface area contributed by atoms with Gasteiger partial charge in [0.25, 0.3) is 0 Å². The van der Waals surface area contributed by atoms with E-state index in [4.69, 9.17) is 0 Å². The molecule has 0 spiro atoms. The molecule has 1 unspecified atom stereocenters. The summed E-state index contributed by atoms with van der Waals surface area (Å²) in [6.07, 6.45) is 4.47. The molecule has 1 N–H and O–H groups in total. The first-order valence-electron chi connectivity index (χ1n) is 7.22. The Morgan fingerprint density at radius 2 is 1.89 bits per heavy atom. The predicted octanol–water partition coefficient (Wildman–Crippen LogP) is 2.71. The SMILES string of the molecule is CCC(O)CN1CCC(Cc2ccccc2)CC1. The summed E-state index contributed by atoms with van der Waals surface area (Å²) >= 11 is 0. The van der Waals surface area contributed by atoms with E-state index in [1.165, 1.54) is 24.8 Å². The number of hydrogen-bond acceptors (Lipinski definition) is 2. The fraction of sp³-hybridized carbons (Fsp3) is 0.625. The number of aliphatic hydroxyl groups excluding tert-OH is 1. The highest BCUT2D eigenvalue weighted by Crippen LogP contribution is 2.21. The number of benzene rings is 1. The molecular formula is C16H25NO. The summed E-state index contributed by atoms with van der Waals surface area (Å²) in [5.41, 5.74) is 1.46. The Balaban J connectivity index is 1.73. The van der Waals surface area contributed by atoms with Gasteiger partial charge in [0.05, 0.1) is 6.10 Å². The number of aliphatic hydroxyl groups is 1. The van der Waals surface area contributed by atoms with Gasteiger partial charge in [0.1, 0.15) is 0 Å². The molecule has 1 aromatic rings. The Morgan fingerprint density at radius 1 is 1.22 bits per heavy atom. The van der Waals surface area contributed by atoms with Crippen LogP contribution < -0.4 is 0 Å². The molecule has 0 amide bonds. The number of hydrogen-bond donors (Lipinski definition) is 1. The van der Waals surface area contributed by atoms with Crippen molar-refractivity contribution in [1.82, 2.24) is 4.90 Å². The van der Waals surface area contributed by atoms with Gasteiger partial charge in [-0.2, -0.15) is 0 Å². The quantitative estimate of drug-likeness (QED) is 0.865. The van der Waals surface area contributed by atoms with Gasteiger partial charge in [-0.15, -0.1) is 0 Å². The van der Waals surface area contributed by atoms with Crippen molar-refractivity contribution in [3.05, 3.63) is 35.9 Å². The molecule has 2 nitrogen and oxygen atoms in total. The minimum atomic E-state index is -0.143. The summed E-state index contributed by atoms with van der Waals surface area (Å²) < 4.78 is 0. The van der Waals surface area contributed by atoms with Crippen LogP contribution in [0.2, 0.25) is 0 Å². The maximum Gasteiger partial charge on any atom is 0.0664 e.